The molecule has 19 heavy (non-hydrogen) atoms. The van der Waals surface area contributed by atoms with Gasteiger partial charge >= 0.3 is 0 Å². The van der Waals surface area contributed by atoms with Crippen LogP contribution in [0.3, 0.4) is 0 Å². The van der Waals surface area contributed by atoms with Gasteiger partial charge in [0.25, 0.3) is 0 Å². The van der Waals surface area contributed by atoms with E-state index in [0.29, 0.717) is 6.04 Å². The smallest absolute Gasteiger partial charge is 0.0794 e. The van der Waals surface area contributed by atoms with E-state index in [1.165, 1.54) is 24.1 Å². The van der Waals surface area contributed by atoms with E-state index < -0.39 is 0 Å². The van der Waals surface area contributed by atoms with Gasteiger partial charge < -0.3 is 5.32 Å². The highest BCUT2D eigenvalue weighted by atomic mass is 35.5. The van der Waals surface area contributed by atoms with Gasteiger partial charge in [-0.15, -0.1) is 11.3 Å². The average molecular weight is 293 g/mol. The summed E-state index contributed by atoms with van der Waals surface area (Å²) in [6, 6.07) is 8.71. The van der Waals surface area contributed by atoms with Crippen LogP contribution in [0.1, 0.15) is 30.1 Å². The van der Waals surface area contributed by atoms with Crippen LogP contribution < -0.4 is 5.32 Å². The first-order valence-electron chi connectivity index (χ1n) is 6.69. The standard InChI is InChI=1S/C15H17ClN2S/c16-13-5-3-12(4-6-13)15(11-1-2-11)17-8-7-14-9-19-10-18-14/h3-6,9-11,15,17H,1-2,7-8H2/t15-/m1/s1. The molecule has 1 heterocycles. The minimum Gasteiger partial charge on any atom is -0.309 e. The Balaban J connectivity index is 1.60. The predicted octanol–water partition coefficient (Wildman–Crippen LogP) is 4.08. The van der Waals surface area contributed by atoms with E-state index in [1.54, 1.807) is 11.3 Å². The van der Waals surface area contributed by atoms with Crippen molar-refractivity contribution in [1.82, 2.24) is 10.3 Å². The fraction of sp³-hybridized carbons (Fsp3) is 0.400. The molecule has 0 unspecified atom stereocenters. The molecule has 0 bridgehead atoms. The number of halogens is 1. The van der Waals surface area contributed by atoms with Crippen LogP contribution in [-0.4, -0.2) is 11.5 Å². The molecule has 1 aliphatic rings. The third-order valence-electron chi connectivity index (χ3n) is 3.55. The van der Waals surface area contributed by atoms with Crippen LogP contribution in [0.5, 0.6) is 0 Å². The highest BCUT2D eigenvalue weighted by molar-refractivity contribution is 7.07. The van der Waals surface area contributed by atoms with E-state index in [9.17, 15) is 0 Å². The summed E-state index contributed by atoms with van der Waals surface area (Å²) in [5.74, 6) is 0.789. The maximum absolute atomic E-state index is 5.96. The van der Waals surface area contributed by atoms with Crippen molar-refractivity contribution in [2.45, 2.75) is 25.3 Å². The molecule has 0 radical (unpaired) electrons. The van der Waals surface area contributed by atoms with Crippen molar-refractivity contribution in [3.8, 4) is 0 Å². The molecule has 0 aliphatic heterocycles. The summed E-state index contributed by atoms with van der Waals surface area (Å²) in [6.45, 7) is 0.980. The second-order valence-electron chi connectivity index (χ2n) is 5.05. The normalized spacial score (nSPS) is 16.5. The minimum absolute atomic E-state index is 0.468. The van der Waals surface area contributed by atoms with Gasteiger partial charge in [0.1, 0.15) is 0 Å². The molecule has 1 atom stereocenters. The Bertz CT molecular complexity index is 505. The molecule has 1 fully saturated rings. The molecule has 0 saturated heterocycles. The Hall–Kier alpha value is -0.900. The molecule has 2 aromatic rings. The lowest BCUT2D eigenvalue weighted by Gasteiger charge is -2.18. The summed E-state index contributed by atoms with van der Waals surface area (Å²) < 4.78 is 0. The van der Waals surface area contributed by atoms with Gasteiger partial charge in [-0.3, -0.25) is 0 Å². The summed E-state index contributed by atoms with van der Waals surface area (Å²) in [7, 11) is 0. The zero-order valence-corrected chi connectivity index (χ0v) is 12.3. The van der Waals surface area contributed by atoms with Crippen molar-refractivity contribution in [2.75, 3.05) is 6.54 Å². The summed E-state index contributed by atoms with van der Waals surface area (Å²) >= 11 is 7.62. The molecular formula is C15H17ClN2S. The number of nitrogens with one attached hydrogen (secondary N) is 1. The Morgan fingerprint density at radius 1 is 1.32 bits per heavy atom. The van der Waals surface area contributed by atoms with Crippen LogP contribution in [0.4, 0.5) is 0 Å². The maximum atomic E-state index is 5.96. The monoisotopic (exact) mass is 292 g/mol. The third kappa shape index (κ3) is 3.56. The first-order chi connectivity index (χ1) is 9.33. The topological polar surface area (TPSA) is 24.9 Å². The van der Waals surface area contributed by atoms with Gasteiger partial charge in [0.2, 0.25) is 0 Å². The molecule has 1 aromatic carbocycles. The Morgan fingerprint density at radius 3 is 2.74 bits per heavy atom. The van der Waals surface area contributed by atoms with Crippen molar-refractivity contribution in [3.05, 3.63) is 51.4 Å². The molecule has 1 N–H and O–H groups in total. The molecule has 100 valence electrons. The average Bonchev–Trinajstić information content (AvgIpc) is 3.13. The fourth-order valence-electron chi connectivity index (χ4n) is 2.37. The minimum atomic E-state index is 0.468. The van der Waals surface area contributed by atoms with Gasteiger partial charge in [0.05, 0.1) is 11.2 Å². The van der Waals surface area contributed by atoms with Crippen LogP contribution >= 0.6 is 22.9 Å². The number of hydrogen-bond donors (Lipinski definition) is 1. The molecule has 3 rings (SSSR count). The molecule has 0 spiro atoms. The van der Waals surface area contributed by atoms with Crippen molar-refractivity contribution in [1.29, 1.82) is 0 Å². The lowest BCUT2D eigenvalue weighted by atomic mass is 10.0. The van der Waals surface area contributed by atoms with E-state index in [4.69, 9.17) is 11.6 Å². The summed E-state index contributed by atoms with van der Waals surface area (Å²) in [5, 5.41) is 6.60. The van der Waals surface area contributed by atoms with Crippen LogP contribution in [0.25, 0.3) is 0 Å². The first-order valence-corrected chi connectivity index (χ1v) is 8.01. The first kappa shape index (κ1) is 13.1. The van der Waals surface area contributed by atoms with Crippen molar-refractivity contribution in [2.24, 2.45) is 5.92 Å². The zero-order valence-electron chi connectivity index (χ0n) is 10.7. The van der Waals surface area contributed by atoms with Crippen LogP contribution in [0.2, 0.25) is 5.02 Å². The number of thiazole rings is 1. The number of rotatable bonds is 6. The molecule has 2 nitrogen and oxygen atoms in total. The Kier molecular flexibility index (Phi) is 4.16. The molecular weight excluding hydrogens is 276 g/mol. The number of hydrogen-bond acceptors (Lipinski definition) is 3. The van der Waals surface area contributed by atoms with Gasteiger partial charge in [-0.1, -0.05) is 23.7 Å². The van der Waals surface area contributed by atoms with Gasteiger partial charge in [-0.25, -0.2) is 4.98 Å². The zero-order chi connectivity index (χ0) is 13.1. The number of nitrogens with zero attached hydrogens (tertiary/aromatic N) is 1. The number of benzene rings is 1. The van der Waals surface area contributed by atoms with E-state index in [1.807, 2.05) is 17.6 Å². The lowest BCUT2D eigenvalue weighted by Crippen LogP contribution is -2.25. The van der Waals surface area contributed by atoms with Gasteiger partial charge in [0.15, 0.2) is 0 Å². The highest BCUT2D eigenvalue weighted by Gasteiger charge is 2.31. The van der Waals surface area contributed by atoms with Crippen molar-refractivity contribution < 1.29 is 0 Å². The highest BCUT2D eigenvalue weighted by Crippen LogP contribution is 2.41. The van der Waals surface area contributed by atoms with Crippen molar-refractivity contribution in [3.63, 3.8) is 0 Å². The summed E-state index contributed by atoms with van der Waals surface area (Å²) in [6.07, 6.45) is 3.66. The second kappa shape index (κ2) is 6.04. The molecule has 4 heteroatoms. The van der Waals surface area contributed by atoms with Gasteiger partial charge in [-0.2, -0.15) is 0 Å². The van der Waals surface area contributed by atoms with E-state index in [0.717, 1.165) is 23.9 Å². The summed E-state index contributed by atoms with van der Waals surface area (Å²) in [5.41, 5.74) is 4.43. The quantitative estimate of drug-likeness (QED) is 0.868. The molecule has 0 amide bonds. The van der Waals surface area contributed by atoms with E-state index in [2.05, 4.69) is 27.8 Å². The van der Waals surface area contributed by atoms with E-state index in [-0.39, 0.29) is 0 Å². The summed E-state index contributed by atoms with van der Waals surface area (Å²) in [4.78, 5) is 4.32. The van der Waals surface area contributed by atoms with Crippen LogP contribution in [0, 0.1) is 5.92 Å². The van der Waals surface area contributed by atoms with Crippen LogP contribution in [-0.2, 0) is 6.42 Å². The third-order valence-corrected chi connectivity index (χ3v) is 4.44. The SMILES string of the molecule is Clc1ccc([C@H](NCCc2cscn2)C2CC2)cc1. The van der Waals surface area contributed by atoms with E-state index >= 15 is 0 Å². The molecule has 1 aliphatic carbocycles. The van der Waals surface area contributed by atoms with Gasteiger partial charge in [0, 0.05) is 29.4 Å². The fourth-order valence-corrected chi connectivity index (χ4v) is 3.09. The van der Waals surface area contributed by atoms with Crippen molar-refractivity contribution >= 4 is 22.9 Å². The van der Waals surface area contributed by atoms with Crippen LogP contribution in [0.15, 0.2) is 35.2 Å². The maximum Gasteiger partial charge on any atom is 0.0794 e. The Morgan fingerprint density at radius 2 is 2.11 bits per heavy atom. The molecule has 1 saturated carbocycles. The second-order valence-corrected chi connectivity index (χ2v) is 6.21. The Labute approximate surface area is 122 Å². The largest absolute Gasteiger partial charge is 0.309 e. The lowest BCUT2D eigenvalue weighted by molar-refractivity contribution is 0.483. The predicted molar refractivity (Wildman–Crippen MR) is 80.7 cm³/mol. The number of aromatic nitrogens is 1. The molecule has 1 aromatic heterocycles. The van der Waals surface area contributed by atoms with Gasteiger partial charge in [-0.05, 0) is 36.5 Å².